The van der Waals surface area contributed by atoms with E-state index in [1.807, 2.05) is 56.1 Å². The summed E-state index contributed by atoms with van der Waals surface area (Å²) in [5, 5.41) is 0. The van der Waals surface area contributed by atoms with Crippen molar-refractivity contribution in [3.63, 3.8) is 0 Å². The number of esters is 4. The van der Waals surface area contributed by atoms with Crippen LogP contribution >= 0.6 is 15.6 Å². The van der Waals surface area contributed by atoms with Gasteiger partial charge in [0.1, 0.15) is 39.5 Å². The smallest absolute Gasteiger partial charge is 0.333 e. The van der Waals surface area contributed by atoms with Gasteiger partial charge in [0.05, 0.1) is 79.5 Å². The van der Waals surface area contributed by atoms with E-state index in [2.05, 4.69) is 33.9 Å². The second-order valence-electron chi connectivity index (χ2n) is 17.0. The Balaban J connectivity index is -0.000000942. The van der Waals surface area contributed by atoms with Crippen molar-refractivity contribution in [2.24, 2.45) is 10.8 Å². The summed E-state index contributed by atoms with van der Waals surface area (Å²) in [5.74, 6) is -1.74. The molecule has 3 atom stereocenters. The van der Waals surface area contributed by atoms with Crippen LogP contribution in [0, 0.1) is 10.8 Å². The number of carbonyl (C=O) groups is 4. The number of likely N-dealkylation sites (N-methyl/N-ethyl adjacent to an activating group) is 2. The van der Waals surface area contributed by atoms with Gasteiger partial charge in [0.15, 0.2) is 0 Å². The zero-order chi connectivity index (χ0) is 47.4. The molecule has 0 aliphatic rings. The summed E-state index contributed by atoms with van der Waals surface area (Å²) < 4.78 is 63.0. The van der Waals surface area contributed by atoms with E-state index in [1.165, 1.54) is 6.92 Å². The van der Waals surface area contributed by atoms with Gasteiger partial charge in [0.25, 0.3) is 15.6 Å². The van der Waals surface area contributed by atoms with Crippen LogP contribution in [0.25, 0.3) is 0 Å². The van der Waals surface area contributed by atoms with Crippen LogP contribution in [0.5, 0.6) is 0 Å². The summed E-state index contributed by atoms with van der Waals surface area (Å²) in [7, 11) is 2.69. The number of hydrogen-bond donors (Lipinski definition) is 0. The van der Waals surface area contributed by atoms with E-state index in [4.69, 9.17) is 23.3 Å². The summed E-state index contributed by atoms with van der Waals surface area (Å²) in [6.07, 6.45) is 4.38. The van der Waals surface area contributed by atoms with E-state index in [1.54, 1.807) is 27.7 Å². The molecule has 0 aromatic carbocycles. The van der Waals surface area contributed by atoms with E-state index in [9.17, 15) is 38.1 Å². The highest BCUT2D eigenvalue weighted by molar-refractivity contribution is 7.46. The predicted molar refractivity (Wildman–Crippen MR) is 225 cm³/mol. The maximum absolute atomic E-state index is 12.7. The first kappa shape index (κ1) is 61.8. The molecule has 0 spiro atoms. The first-order chi connectivity index (χ1) is 27.3. The Morgan fingerprint density at radius 2 is 0.883 bits per heavy atom. The number of nitrogens with zero attached hydrogens (tertiary/aromatic N) is 2. The molecule has 3 unspecified atom stereocenters. The highest BCUT2D eigenvalue weighted by atomic mass is 31.2. The lowest BCUT2D eigenvalue weighted by Crippen LogP contribution is -2.39. The largest absolute Gasteiger partial charge is 0.756 e. The molecule has 0 aliphatic carbocycles. The number of hydrogen-bond acceptors (Lipinski definition) is 16. The lowest BCUT2D eigenvalue weighted by atomic mass is 9.72. The second-order valence-corrected chi connectivity index (χ2v) is 19.9. The quantitative estimate of drug-likeness (QED) is 0.0237. The molecule has 0 N–H and O–H groups in total. The Hall–Kier alpha value is -2.50. The van der Waals surface area contributed by atoms with E-state index in [-0.39, 0.29) is 63.6 Å². The van der Waals surface area contributed by atoms with Gasteiger partial charge in [0, 0.05) is 11.1 Å². The average Bonchev–Trinajstić information content (AvgIpc) is 3.10. The monoisotopic (exact) mass is 904 g/mol. The molecule has 0 amide bonds. The van der Waals surface area contributed by atoms with E-state index < -0.39 is 38.4 Å². The Morgan fingerprint density at radius 3 is 1.23 bits per heavy atom. The SMILES string of the molecule is C=C(C)C(=O)OCCCC.C=C(C)C(=O)OCCOP(=O)([O-])OCC[N+](C)(C)C.CCCCOC(=O)C(C)(C)CC(C)(CC)C(=O)OCCOP(=O)([O-])OCC[N+](C)(C)C. The van der Waals surface area contributed by atoms with E-state index in [0.717, 1.165) is 25.7 Å². The Bertz CT molecular complexity index is 1410. The second kappa shape index (κ2) is 30.5. The molecule has 0 fully saturated rings. The van der Waals surface area contributed by atoms with Crippen molar-refractivity contribution in [3.05, 3.63) is 24.3 Å². The molecule has 354 valence electrons. The first-order valence-electron chi connectivity index (χ1n) is 20.1. The molecule has 0 bridgehead atoms. The van der Waals surface area contributed by atoms with Crippen LogP contribution in [-0.2, 0) is 65.4 Å². The minimum absolute atomic E-state index is 0.00140. The zero-order valence-corrected chi connectivity index (χ0v) is 40.8. The minimum atomic E-state index is -4.46. The highest BCUT2D eigenvalue weighted by Gasteiger charge is 2.43. The van der Waals surface area contributed by atoms with Crippen LogP contribution in [0.2, 0.25) is 0 Å². The molecule has 20 heteroatoms. The molecule has 0 heterocycles. The zero-order valence-electron chi connectivity index (χ0n) is 39.0. The Morgan fingerprint density at radius 1 is 0.550 bits per heavy atom. The molecule has 0 saturated carbocycles. The van der Waals surface area contributed by atoms with Gasteiger partial charge in [-0.05, 0) is 60.3 Å². The fraction of sp³-hybridized carbons (Fsp3) is 0.800. The molecule has 60 heavy (non-hydrogen) atoms. The van der Waals surface area contributed by atoms with Crippen LogP contribution in [-0.4, -0.2) is 141 Å². The number of ether oxygens (including phenoxy) is 4. The summed E-state index contributed by atoms with van der Waals surface area (Å²) in [6, 6.07) is 0. The molecule has 0 radical (unpaired) electrons. The summed E-state index contributed by atoms with van der Waals surface area (Å²) >= 11 is 0. The van der Waals surface area contributed by atoms with Gasteiger partial charge in [0.2, 0.25) is 0 Å². The average molecular weight is 905 g/mol. The normalized spacial score (nSPS) is 14.6. The van der Waals surface area contributed by atoms with Crippen molar-refractivity contribution in [2.75, 3.05) is 108 Å². The number of quaternary nitrogens is 2. The van der Waals surface area contributed by atoms with Crippen molar-refractivity contribution in [1.82, 2.24) is 0 Å². The third-order valence-electron chi connectivity index (χ3n) is 7.97. The summed E-state index contributed by atoms with van der Waals surface area (Å²) in [4.78, 5) is 69.8. The minimum Gasteiger partial charge on any atom is -0.756 e. The van der Waals surface area contributed by atoms with Gasteiger partial charge < -0.3 is 55.8 Å². The third-order valence-corrected chi connectivity index (χ3v) is 9.97. The molecule has 0 aromatic rings. The van der Waals surface area contributed by atoms with Crippen molar-refractivity contribution in [3.8, 4) is 0 Å². The standard InChI is InChI=1S/C21H42NO8P.C11H22NO6P.C8H14O2/c1-9-11-13-27-18(23)20(3,4)17-21(5,10-2)19(24)28-15-16-30-31(25,26)29-14-12-22(6,7)8;1-10(2)11(13)16-8-9-18-19(14,15)17-7-6-12(3,4)5;1-4-5-6-10-8(9)7(2)3/h9-17H2,1-8H3;1,6-9H2,2-5H3;2,4-6H2,1,3H3. The molecule has 0 saturated heterocycles. The van der Waals surface area contributed by atoms with E-state index in [0.29, 0.717) is 47.3 Å². The van der Waals surface area contributed by atoms with Gasteiger partial charge in [-0.15, -0.1) is 0 Å². The fourth-order valence-electron chi connectivity index (χ4n) is 4.12. The predicted octanol–water partition coefficient (Wildman–Crippen LogP) is 5.13. The van der Waals surface area contributed by atoms with Gasteiger partial charge in [-0.1, -0.05) is 46.8 Å². The van der Waals surface area contributed by atoms with Gasteiger partial charge in [-0.3, -0.25) is 18.7 Å². The van der Waals surface area contributed by atoms with Crippen LogP contribution in [0.4, 0.5) is 0 Å². The fourth-order valence-corrected chi connectivity index (χ4v) is 5.47. The maximum atomic E-state index is 12.7. The van der Waals surface area contributed by atoms with Crippen LogP contribution < -0.4 is 9.79 Å². The van der Waals surface area contributed by atoms with Gasteiger partial charge in [-0.25, -0.2) is 9.59 Å². The Labute approximate surface area is 360 Å². The number of phosphoric ester groups is 2. The van der Waals surface area contributed by atoms with Gasteiger partial charge in [-0.2, -0.15) is 0 Å². The maximum Gasteiger partial charge on any atom is 0.333 e. The Kier molecular flexibility index (Phi) is 31.4. The molecule has 0 aliphatic heterocycles. The molecule has 0 aromatic heterocycles. The molecular formula is C40H78N2O16P2. The lowest BCUT2D eigenvalue weighted by molar-refractivity contribution is -0.870. The van der Waals surface area contributed by atoms with E-state index >= 15 is 0 Å². The number of carbonyl (C=O) groups excluding carboxylic acids is 4. The van der Waals surface area contributed by atoms with Crippen LogP contribution in [0.1, 0.15) is 93.9 Å². The molecule has 18 nitrogen and oxygen atoms in total. The number of phosphoric acid groups is 2. The lowest BCUT2D eigenvalue weighted by Gasteiger charge is -2.33. The van der Waals surface area contributed by atoms with Crippen LogP contribution in [0.3, 0.4) is 0 Å². The van der Waals surface area contributed by atoms with Gasteiger partial charge >= 0.3 is 23.9 Å². The molecular weight excluding hydrogens is 826 g/mol. The topological polar surface area (TPSA) is 222 Å². The molecule has 0 rings (SSSR count). The highest BCUT2D eigenvalue weighted by Crippen LogP contribution is 2.40. The number of rotatable bonds is 29. The summed E-state index contributed by atoms with van der Waals surface area (Å²) in [5.41, 5.74) is -1.08. The number of unbranched alkanes of at least 4 members (excludes halogenated alkanes) is 2. The summed E-state index contributed by atoms with van der Waals surface area (Å²) in [6.45, 7) is 22.0. The first-order valence-corrected chi connectivity index (χ1v) is 23.0. The van der Waals surface area contributed by atoms with Crippen molar-refractivity contribution >= 4 is 39.5 Å². The van der Waals surface area contributed by atoms with Crippen molar-refractivity contribution in [2.45, 2.75) is 93.9 Å². The van der Waals surface area contributed by atoms with Crippen molar-refractivity contribution < 1.29 is 84.1 Å². The van der Waals surface area contributed by atoms with Crippen molar-refractivity contribution in [1.29, 1.82) is 0 Å². The van der Waals surface area contributed by atoms with Crippen LogP contribution in [0.15, 0.2) is 24.3 Å². The third kappa shape index (κ3) is 35.1.